The number of halogens is 3. The first kappa shape index (κ1) is 18.9. The third-order valence-electron chi connectivity index (χ3n) is 4.57. The first-order chi connectivity index (χ1) is 12.4. The fraction of sp³-hybridized carbons (Fsp3) is 0.500. The number of piperidine rings is 1. The predicted molar refractivity (Wildman–Crippen MR) is 94.9 cm³/mol. The van der Waals surface area contributed by atoms with E-state index in [2.05, 4.69) is 16.9 Å². The minimum absolute atomic E-state index is 0.0437. The highest BCUT2D eigenvalue weighted by Crippen LogP contribution is 2.32. The van der Waals surface area contributed by atoms with E-state index >= 15 is 0 Å². The van der Waals surface area contributed by atoms with Crippen LogP contribution < -0.4 is 0 Å². The normalized spacial score (nSPS) is 18.3. The number of alkyl halides is 3. The third-order valence-corrected chi connectivity index (χ3v) is 5.55. The molecule has 1 amide bonds. The van der Waals surface area contributed by atoms with Crippen molar-refractivity contribution in [3.63, 3.8) is 0 Å². The molecule has 1 aliphatic heterocycles. The molecule has 1 aromatic carbocycles. The van der Waals surface area contributed by atoms with E-state index in [1.807, 2.05) is 4.90 Å². The molecule has 0 bridgehead atoms. The van der Waals surface area contributed by atoms with Crippen molar-refractivity contribution in [3.8, 4) is 0 Å². The van der Waals surface area contributed by atoms with Gasteiger partial charge in [-0.05, 0) is 31.7 Å². The quantitative estimate of drug-likeness (QED) is 0.575. The van der Waals surface area contributed by atoms with Crippen molar-refractivity contribution in [1.82, 2.24) is 14.9 Å². The standard InChI is InChI=1S/C18H20F3N3OS/c1-2-12-7-5-6-10-24(12)15(25)11-26-16-13-8-3-4-9-14(13)22-17(23-16)18(19,20)21/h3-4,8-9,12H,2,5-7,10-11H2,1H3/t12-/m0/s1. The van der Waals surface area contributed by atoms with Gasteiger partial charge in [0.15, 0.2) is 0 Å². The van der Waals surface area contributed by atoms with Gasteiger partial charge in [-0.3, -0.25) is 4.79 Å². The summed E-state index contributed by atoms with van der Waals surface area (Å²) in [5, 5.41) is 0.727. The zero-order valence-corrected chi connectivity index (χ0v) is 15.2. The molecule has 8 heteroatoms. The summed E-state index contributed by atoms with van der Waals surface area (Å²) in [6.07, 6.45) is -0.654. The van der Waals surface area contributed by atoms with Crippen molar-refractivity contribution in [2.24, 2.45) is 0 Å². The molecule has 1 atom stereocenters. The maximum Gasteiger partial charge on any atom is 0.451 e. The van der Waals surface area contributed by atoms with Gasteiger partial charge in [0, 0.05) is 18.0 Å². The zero-order chi connectivity index (χ0) is 18.7. The van der Waals surface area contributed by atoms with E-state index in [1.54, 1.807) is 18.2 Å². The van der Waals surface area contributed by atoms with Gasteiger partial charge >= 0.3 is 6.18 Å². The topological polar surface area (TPSA) is 46.1 Å². The maximum atomic E-state index is 13.1. The molecule has 1 fully saturated rings. The van der Waals surface area contributed by atoms with E-state index in [9.17, 15) is 18.0 Å². The van der Waals surface area contributed by atoms with Crippen LogP contribution in [0.5, 0.6) is 0 Å². The number of rotatable bonds is 4. The Bertz CT molecular complexity index is 797. The average molecular weight is 383 g/mol. The second-order valence-electron chi connectivity index (χ2n) is 6.30. The van der Waals surface area contributed by atoms with Crippen LogP contribution in [0.3, 0.4) is 0 Å². The van der Waals surface area contributed by atoms with Crippen molar-refractivity contribution in [3.05, 3.63) is 30.1 Å². The van der Waals surface area contributed by atoms with E-state index in [-0.39, 0.29) is 28.2 Å². The van der Waals surface area contributed by atoms with Crippen LogP contribution in [0.15, 0.2) is 29.3 Å². The number of fused-ring (bicyclic) bond motifs is 1. The molecule has 0 spiro atoms. The van der Waals surface area contributed by atoms with Crippen LogP contribution in [0.4, 0.5) is 13.2 Å². The van der Waals surface area contributed by atoms with Gasteiger partial charge in [-0.25, -0.2) is 9.97 Å². The SMILES string of the molecule is CC[C@H]1CCCCN1C(=O)CSc1nc(C(F)(F)F)nc2ccccc12. The molecule has 1 saturated heterocycles. The van der Waals surface area contributed by atoms with Gasteiger partial charge in [-0.1, -0.05) is 36.9 Å². The van der Waals surface area contributed by atoms with Gasteiger partial charge < -0.3 is 4.90 Å². The lowest BCUT2D eigenvalue weighted by atomic mass is 10.0. The maximum absolute atomic E-state index is 13.1. The average Bonchev–Trinajstić information content (AvgIpc) is 2.64. The van der Waals surface area contributed by atoms with Gasteiger partial charge in [0.1, 0.15) is 5.03 Å². The fourth-order valence-electron chi connectivity index (χ4n) is 3.25. The number of amides is 1. The van der Waals surface area contributed by atoms with E-state index in [4.69, 9.17) is 0 Å². The first-order valence-corrected chi connectivity index (χ1v) is 9.65. The molecule has 0 unspecified atom stereocenters. The molecular weight excluding hydrogens is 363 g/mol. The van der Waals surface area contributed by atoms with E-state index in [1.165, 1.54) is 6.07 Å². The molecule has 26 heavy (non-hydrogen) atoms. The Kier molecular flexibility index (Phi) is 5.70. The zero-order valence-electron chi connectivity index (χ0n) is 14.4. The van der Waals surface area contributed by atoms with E-state index in [0.29, 0.717) is 5.39 Å². The Morgan fingerprint density at radius 2 is 2.04 bits per heavy atom. The number of likely N-dealkylation sites (tertiary alicyclic amines) is 1. The molecule has 1 aliphatic rings. The number of hydrogen-bond acceptors (Lipinski definition) is 4. The molecule has 0 saturated carbocycles. The summed E-state index contributed by atoms with van der Waals surface area (Å²) in [7, 11) is 0. The van der Waals surface area contributed by atoms with Crippen LogP contribution >= 0.6 is 11.8 Å². The number of para-hydroxylation sites is 1. The van der Waals surface area contributed by atoms with Crippen molar-refractivity contribution >= 4 is 28.6 Å². The van der Waals surface area contributed by atoms with Crippen LogP contribution in [-0.4, -0.2) is 39.1 Å². The Labute approximate surface area is 154 Å². The highest BCUT2D eigenvalue weighted by Gasteiger charge is 2.35. The van der Waals surface area contributed by atoms with Crippen LogP contribution in [0.2, 0.25) is 0 Å². The highest BCUT2D eigenvalue weighted by atomic mass is 32.2. The molecule has 140 valence electrons. The second kappa shape index (κ2) is 7.82. The van der Waals surface area contributed by atoms with Gasteiger partial charge in [0.2, 0.25) is 11.7 Å². The fourth-order valence-corrected chi connectivity index (χ4v) is 4.16. The Morgan fingerprint density at radius 3 is 2.77 bits per heavy atom. The lowest BCUT2D eigenvalue weighted by Gasteiger charge is -2.35. The molecular formula is C18H20F3N3OS. The molecule has 2 heterocycles. The number of nitrogens with zero attached hydrogens (tertiary/aromatic N) is 3. The van der Waals surface area contributed by atoms with Crippen molar-refractivity contribution in [2.75, 3.05) is 12.3 Å². The van der Waals surface area contributed by atoms with Crippen LogP contribution in [0.1, 0.15) is 38.4 Å². The largest absolute Gasteiger partial charge is 0.451 e. The summed E-state index contributed by atoms with van der Waals surface area (Å²) in [5.41, 5.74) is 0.231. The number of hydrogen-bond donors (Lipinski definition) is 0. The van der Waals surface area contributed by atoms with E-state index in [0.717, 1.165) is 44.0 Å². The summed E-state index contributed by atoms with van der Waals surface area (Å²) in [6.45, 7) is 2.77. The predicted octanol–water partition coefficient (Wildman–Crippen LogP) is 4.53. The van der Waals surface area contributed by atoms with Gasteiger partial charge in [0.25, 0.3) is 0 Å². The third kappa shape index (κ3) is 4.11. The van der Waals surface area contributed by atoms with Gasteiger partial charge in [-0.15, -0.1) is 0 Å². The van der Waals surface area contributed by atoms with Crippen LogP contribution in [-0.2, 0) is 11.0 Å². The minimum Gasteiger partial charge on any atom is -0.339 e. The van der Waals surface area contributed by atoms with Crippen LogP contribution in [0, 0.1) is 0 Å². The summed E-state index contributed by atoms with van der Waals surface area (Å²) in [6, 6.07) is 6.79. The highest BCUT2D eigenvalue weighted by molar-refractivity contribution is 8.00. The monoisotopic (exact) mass is 383 g/mol. The number of aromatic nitrogens is 2. The summed E-state index contributed by atoms with van der Waals surface area (Å²) in [4.78, 5) is 21.8. The number of thioether (sulfide) groups is 1. The van der Waals surface area contributed by atoms with Crippen molar-refractivity contribution < 1.29 is 18.0 Å². The molecule has 3 rings (SSSR count). The lowest BCUT2D eigenvalue weighted by molar-refractivity contribution is -0.145. The molecule has 0 aliphatic carbocycles. The number of carbonyl (C=O) groups is 1. The van der Waals surface area contributed by atoms with Gasteiger partial charge in [-0.2, -0.15) is 13.2 Å². The number of carbonyl (C=O) groups excluding carboxylic acids is 1. The Hall–Kier alpha value is -1.83. The first-order valence-electron chi connectivity index (χ1n) is 8.66. The molecule has 0 N–H and O–H groups in total. The summed E-state index contributed by atoms with van der Waals surface area (Å²) < 4.78 is 39.2. The van der Waals surface area contributed by atoms with Crippen LogP contribution in [0.25, 0.3) is 10.9 Å². The summed E-state index contributed by atoms with van der Waals surface area (Å²) in [5.74, 6) is -1.14. The smallest absolute Gasteiger partial charge is 0.339 e. The number of benzene rings is 1. The lowest BCUT2D eigenvalue weighted by Crippen LogP contribution is -2.44. The molecule has 2 aromatic rings. The second-order valence-corrected chi connectivity index (χ2v) is 7.26. The molecule has 0 radical (unpaired) electrons. The van der Waals surface area contributed by atoms with Crippen molar-refractivity contribution in [2.45, 2.75) is 49.9 Å². The van der Waals surface area contributed by atoms with Gasteiger partial charge in [0.05, 0.1) is 11.3 Å². The summed E-state index contributed by atoms with van der Waals surface area (Å²) >= 11 is 1.05. The minimum atomic E-state index is -4.62. The Morgan fingerprint density at radius 1 is 1.27 bits per heavy atom. The Balaban J connectivity index is 1.82. The molecule has 4 nitrogen and oxygen atoms in total. The molecule has 1 aromatic heterocycles. The van der Waals surface area contributed by atoms with Crippen molar-refractivity contribution in [1.29, 1.82) is 0 Å². The van der Waals surface area contributed by atoms with E-state index < -0.39 is 12.0 Å².